The first kappa shape index (κ1) is 35.2. The van der Waals surface area contributed by atoms with Gasteiger partial charge in [0.05, 0.1) is 0 Å². The van der Waals surface area contributed by atoms with Gasteiger partial charge in [0, 0.05) is 11.0 Å². The van der Waals surface area contributed by atoms with Crippen LogP contribution in [0.2, 0.25) is 0 Å². The maximum atomic E-state index is 2.26. The average Bonchev–Trinajstić information content (AvgIpc) is 3.36. The number of hydrogen-bond donors (Lipinski definition) is 0. The van der Waals surface area contributed by atoms with Crippen molar-refractivity contribution in [3.8, 4) is 11.1 Å². The zero-order chi connectivity index (χ0) is 19.1. The van der Waals surface area contributed by atoms with Crippen molar-refractivity contribution in [3.05, 3.63) is 116 Å². The molecule has 0 N–H and O–H groups in total. The zero-order valence-electron chi connectivity index (χ0n) is 19.1. The van der Waals surface area contributed by atoms with E-state index >= 15 is 0 Å². The van der Waals surface area contributed by atoms with Gasteiger partial charge in [0.15, 0.2) is 0 Å². The van der Waals surface area contributed by atoms with Crippen molar-refractivity contribution in [2.45, 2.75) is 20.8 Å². The van der Waals surface area contributed by atoms with Gasteiger partial charge in [0.2, 0.25) is 0 Å². The quantitative estimate of drug-likeness (QED) is 0.142. The van der Waals surface area contributed by atoms with E-state index in [1.54, 1.807) is 0 Å². The van der Waals surface area contributed by atoms with Crippen molar-refractivity contribution in [1.82, 2.24) is 0 Å². The van der Waals surface area contributed by atoms with E-state index in [-0.39, 0.29) is 69.4 Å². The molecule has 5 rings (SSSR count). The molecule has 5 radical (unpaired) electrons. The minimum Gasteiger partial charge on any atom is -0.358 e. The third kappa shape index (κ3) is 8.83. The average molecular weight is 558 g/mol. The van der Waals surface area contributed by atoms with Crippen molar-refractivity contribution >= 4 is 57.3 Å². The fourth-order valence-corrected chi connectivity index (χ4v) is 3.32. The van der Waals surface area contributed by atoms with Gasteiger partial charge in [-0.15, -0.1) is 89.0 Å². The Morgan fingerprint density at radius 1 is 0.688 bits per heavy atom. The zero-order valence-corrected chi connectivity index (χ0v) is 24.2. The number of benzene rings is 3. The first-order valence-corrected chi connectivity index (χ1v) is 9.63. The molecule has 4 heteroatoms. The minimum atomic E-state index is 0. The molecular weight excluding hydrogens is 527 g/mol. The van der Waals surface area contributed by atoms with Crippen LogP contribution in [0.1, 0.15) is 19.4 Å². The monoisotopic (exact) mass is 555 g/mol. The van der Waals surface area contributed by atoms with E-state index in [1.807, 2.05) is 13.8 Å². The maximum absolute atomic E-state index is 2.26. The van der Waals surface area contributed by atoms with Crippen LogP contribution in [0.3, 0.4) is 0 Å². The van der Waals surface area contributed by atoms with Crippen LogP contribution in [0.4, 0.5) is 0 Å². The summed E-state index contributed by atoms with van der Waals surface area (Å²) in [5.74, 6) is 0. The van der Waals surface area contributed by atoms with Gasteiger partial charge in [0.1, 0.15) is 0 Å². The second-order valence-corrected chi connectivity index (χ2v) is 6.36. The molecule has 0 fully saturated rings. The topological polar surface area (TPSA) is 0 Å². The second-order valence-electron chi connectivity index (χ2n) is 6.36. The van der Waals surface area contributed by atoms with Crippen molar-refractivity contribution in [2.75, 3.05) is 0 Å². The minimum absolute atomic E-state index is 0. The Kier molecular flexibility index (Phi) is 19.8. The van der Waals surface area contributed by atoms with Crippen molar-refractivity contribution < 1.29 is 26.2 Å². The fraction of sp³-hybridized carbons (Fsp3) is 0.107. The van der Waals surface area contributed by atoms with Gasteiger partial charge < -0.3 is 7.43 Å². The largest absolute Gasteiger partial charge is 3.00 e. The van der Waals surface area contributed by atoms with Crippen molar-refractivity contribution in [3.63, 3.8) is 0 Å². The Bertz CT molecular complexity index is 1080. The number of fused-ring (bicyclic) bond motifs is 2. The Labute approximate surface area is 230 Å². The molecule has 5 aromatic rings. The molecule has 0 aromatic heterocycles. The Morgan fingerprint density at radius 3 is 1.94 bits per heavy atom. The Morgan fingerprint density at radius 2 is 1.28 bits per heavy atom. The van der Waals surface area contributed by atoms with Crippen LogP contribution in [0.15, 0.2) is 103 Å². The number of hydrogen-bond acceptors (Lipinski definition) is 0. The SMILES string of the molecule is CC.Cc1cc2c(-c3ccccc3)cccc2[cH-]1.Cl.Cl.[CH3-].[Si].[Zr+3].c1ccc2[cH-]ccc2c1. The molecule has 0 amide bonds. The third-order valence-electron chi connectivity index (χ3n) is 4.53. The predicted octanol–water partition coefficient (Wildman–Crippen LogP) is 9.03. The van der Waals surface area contributed by atoms with Crippen LogP contribution in [0, 0.1) is 14.4 Å². The van der Waals surface area contributed by atoms with Gasteiger partial charge >= 0.3 is 26.2 Å². The van der Waals surface area contributed by atoms with Gasteiger partial charge in [-0.2, -0.15) is 23.6 Å². The van der Waals surface area contributed by atoms with E-state index in [1.165, 1.54) is 38.2 Å². The van der Waals surface area contributed by atoms with Gasteiger partial charge in [-0.25, -0.2) is 0 Å². The van der Waals surface area contributed by atoms with Crippen LogP contribution >= 0.6 is 24.8 Å². The molecule has 0 saturated carbocycles. The number of aryl methyl sites for hydroxylation is 1. The maximum Gasteiger partial charge on any atom is 3.00 e. The normalized spacial score (nSPS) is 8.47. The van der Waals surface area contributed by atoms with Crippen LogP contribution < -0.4 is 0 Å². The van der Waals surface area contributed by atoms with E-state index in [0.29, 0.717) is 0 Å². The summed E-state index contributed by atoms with van der Waals surface area (Å²) in [5, 5.41) is 5.35. The molecule has 0 aliphatic carbocycles. The molecule has 0 bridgehead atoms. The molecule has 0 unspecified atom stereocenters. The number of halogens is 2. The molecule has 0 atom stereocenters. The summed E-state index contributed by atoms with van der Waals surface area (Å²) in [5.41, 5.74) is 3.95. The first-order chi connectivity index (χ1) is 13.3. The van der Waals surface area contributed by atoms with Crippen molar-refractivity contribution in [1.29, 1.82) is 0 Å². The first-order valence-electron chi connectivity index (χ1n) is 9.63. The molecule has 0 saturated heterocycles. The molecule has 32 heavy (non-hydrogen) atoms. The Hall–Kier alpha value is -1.44. The molecule has 0 aliphatic rings. The van der Waals surface area contributed by atoms with Crippen LogP contribution in [-0.2, 0) is 26.2 Å². The van der Waals surface area contributed by atoms with Gasteiger partial charge in [0.25, 0.3) is 0 Å². The molecule has 165 valence electrons. The molecular formula is C28H31Cl2SiZr. The summed E-state index contributed by atoms with van der Waals surface area (Å²) in [4.78, 5) is 0. The van der Waals surface area contributed by atoms with E-state index in [9.17, 15) is 0 Å². The van der Waals surface area contributed by atoms with E-state index < -0.39 is 0 Å². The van der Waals surface area contributed by atoms with E-state index in [2.05, 4.69) is 110 Å². The standard InChI is InChI=1S/C16H13.C9H7.C2H6.CH3.2ClH.Si.Zr/c1-12-10-14-8-5-9-15(16(14)11-12)13-6-3-2-4-7-13;1-2-5-9-7-3-6-8(9)4-1;1-2;;;;;/h2-11H,1H3;1-7H;1-2H3;1H3;2*1H;;/q2*-1;;-1;;;;+3. The third-order valence-corrected chi connectivity index (χ3v) is 4.53. The van der Waals surface area contributed by atoms with Gasteiger partial charge in [-0.1, -0.05) is 68.8 Å². The van der Waals surface area contributed by atoms with Gasteiger partial charge in [-0.3, -0.25) is 0 Å². The molecule has 0 nitrogen and oxygen atoms in total. The smallest absolute Gasteiger partial charge is 0.358 e. The van der Waals surface area contributed by atoms with Gasteiger partial charge in [-0.05, 0) is 5.56 Å². The molecule has 0 heterocycles. The fourth-order valence-electron chi connectivity index (χ4n) is 3.32. The summed E-state index contributed by atoms with van der Waals surface area (Å²) >= 11 is 0. The van der Waals surface area contributed by atoms with E-state index in [0.717, 1.165) is 0 Å². The van der Waals surface area contributed by atoms with Crippen molar-refractivity contribution in [2.24, 2.45) is 0 Å². The van der Waals surface area contributed by atoms with E-state index in [4.69, 9.17) is 0 Å². The van der Waals surface area contributed by atoms with Crippen LogP contribution in [0.5, 0.6) is 0 Å². The molecule has 5 aromatic carbocycles. The Balaban J connectivity index is -0.000000462. The second kappa shape index (κ2) is 18.0. The summed E-state index contributed by atoms with van der Waals surface area (Å²) < 4.78 is 0. The summed E-state index contributed by atoms with van der Waals surface area (Å²) in [6.45, 7) is 6.15. The summed E-state index contributed by atoms with van der Waals surface area (Å²) in [6.07, 6.45) is 0. The summed E-state index contributed by atoms with van der Waals surface area (Å²) in [7, 11) is 0. The predicted molar refractivity (Wildman–Crippen MR) is 147 cm³/mol. The molecule has 0 spiro atoms. The van der Waals surface area contributed by atoms with Crippen LogP contribution in [-0.4, -0.2) is 11.0 Å². The number of rotatable bonds is 1. The van der Waals surface area contributed by atoms with Crippen LogP contribution in [0.25, 0.3) is 32.7 Å². The molecule has 0 aliphatic heterocycles. The summed E-state index contributed by atoms with van der Waals surface area (Å²) in [6, 6.07) is 36.2.